The van der Waals surface area contributed by atoms with E-state index in [1.165, 1.54) is 29.4 Å². The number of hydrogen-bond acceptors (Lipinski definition) is 4. The van der Waals surface area contributed by atoms with Gasteiger partial charge in [0, 0.05) is 18.8 Å². The van der Waals surface area contributed by atoms with Crippen LogP contribution in [0.2, 0.25) is 0 Å². The van der Waals surface area contributed by atoms with Gasteiger partial charge in [-0.25, -0.2) is 0 Å². The third kappa shape index (κ3) is 3.24. The van der Waals surface area contributed by atoms with Crippen LogP contribution in [0.15, 0.2) is 60.7 Å². The van der Waals surface area contributed by atoms with Gasteiger partial charge >= 0.3 is 5.97 Å². The number of ether oxygens (including phenoxy) is 2. The Balaban J connectivity index is 1.36. The number of piperidine rings is 1. The van der Waals surface area contributed by atoms with Gasteiger partial charge < -0.3 is 14.4 Å². The molecule has 2 fully saturated rings. The van der Waals surface area contributed by atoms with Gasteiger partial charge in [-0.2, -0.15) is 0 Å². The van der Waals surface area contributed by atoms with Crippen LogP contribution in [-0.2, 0) is 31.9 Å². The molecule has 5 heteroatoms. The van der Waals surface area contributed by atoms with Crippen molar-refractivity contribution in [3.8, 4) is 0 Å². The highest BCUT2D eigenvalue weighted by molar-refractivity contribution is 5.80. The number of carbonyl (C=O) groups excluding carboxylic acids is 2. The topological polar surface area (TPSA) is 55.8 Å². The molecule has 0 radical (unpaired) electrons. The molecule has 2 aromatic rings. The highest BCUT2D eigenvalue weighted by atomic mass is 16.5. The lowest BCUT2D eigenvalue weighted by molar-refractivity contribution is -0.146. The van der Waals surface area contributed by atoms with E-state index in [0.29, 0.717) is 25.8 Å². The van der Waals surface area contributed by atoms with Gasteiger partial charge in [-0.15, -0.1) is 0 Å². The van der Waals surface area contributed by atoms with Crippen LogP contribution < -0.4 is 0 Å². The van der Waals surface area contributed by atoms with Crippen LogP contribution in [0.5, 0.6) is 0 Å². The van der Waals surface area contributed by atoms with Gasteiger partial charge in [0.1, 0.15) is 5.60 Å². The van der Waals surface area contributed by atoms with Crippen molar-refractivity contribution >= 4 is 11.9 Å². The predicted octanol–water partition coefficient (Wildman–Crippen LogP) is 4.00. The maximum Gasteiger partial charge on any atom is 0.305 e. The molecule has 1 spiro atoms. The lowest BCUT2D eigenvalue weighted by atomic mass is 9.75. The maximum atomic E-state index is 13.7. The fraction of sp³-hybridized carbons (Fsp3) is 0.429. The fourth-order valence-corrected chi connectivity index (χ4v) is 6.63. The second-order valence-corrected chi connectivity index (χ2v) is 9.81. The number of nitrogens with zero attached hydrogens (tertiary/aromatic N) is 1. The summed E-state index contributed by atoms with van der Waals surface area (Å²) in [6, 6.07) is 17.0. The van der Waals surface area contributed by atoms with Gasteiger partial charge in [0.2, 0.25) is 5.91 Å². The fourth-order valence-electron chi connectivity index (χ4n) is 6.63. The summed E-state index contributed by atoms with van der Waals surface area (Å²) in [6.07, 6.45) is 7.77. The lowest BCUT2D eigenvalue weighted by Gasteiger charge is -2.46. The number of likely N-dealkylation sites (tertiary alicyclic amines) is 1. The molecule has 1 aliphatic carbocycles. The Morgan fingerprint density at radius 3 is 2.42 bits per heavy atom. The Labute approximate surface area is 194 Å². The number of rotatable bonds is 4. The molecule has 4 aliphatic rings. The zero-order valence-corrected chi connectivity index (χ0v) is 18.9. The smallest absolute Gasteiger partial charge is 0.305 e. The van der Waals surface area contributed by atoms with E-state index in [9.17, 15) is 9.59 Å². The van der Waals surface area contributed by atoms with E-state index in [2.05, 4.69) is 65.6 Å². The molecule has 4 atom stereocenters. The number of fused-ring (bicyclic) bond motifs is 3. The van der Waals surface area contributed by atoms with Crippen molar-refractivity contribution < 1.29 is 19.1 Å². The normalized spacial score (nSPS) is 29.9. The van der Waals surface area contributed by atoms with Crippen LogP contribution in [0.25, 0.3) is 0 Å². The number of methoxy groups -OCH3 is 1. The van der Waals surface area contributed by atoms with Crippen LogP contribution in [-0.4, -0.2) is 42.1 Å². The summed E-state index contributed by atoms with van der Waals surface area (Å²) in [7, 11) is 1.42. The Morgan fingerprint density at radius 1 is 1.09 bits per heavy atom. The first-order valence-electron chi connectivity index (χ1n) is 12.0. The van der Waals surface area contributed by atoms with Crippen molar-refractivity contribution in [3.05, 3.63) is 82.9 Å². The van der Waals surface area contributed by atoms with Gasteiger partial charge in [0.15, 0.2) is 0 Å². The molecule has 3 aliphatic heterocycles. The number of carbonyl (C=O) groups is 2. The van der Waals surface area contributed by atoms with Crippen molar-refractivity contribution in [1.82, 2.24) is 4.90 Å². The van der Waals surface area contributed by atoms with Crippen molar-refractivity contribution in [2.24, 2.45) is 11.8 Å². The largest absolute Gasteiger partial charge is 0.469 e. The Hall–Kier alpha value is -2.92. The van der Waals surface area contributed by atoms with Crippen LogP contribution in [0, 0.1) is 11.8 Å². The SMILES string of the molecule is COC(=O)CC[C@@H]1[C@H]2[13CH2][13C](=O)N(C3c4ccccc4CCc4ccccc43)C[C@]23C=C[C@H]1O3. The molecule has 1 amide bonds. The Kier molecular flexibility index (Phi) is 4.91. The molecule has 0 unspecified atom stereocenters. The summed E-state index contributed by atoms with van der Waals surface area (Å²) in [5.74, 6) is 0.257. The molecule has 0 aromatic heterocycles. The van der Waals surface area contributed by atoms with E-state index in [1.54, 1.807) is 0 Å². The molecule has 2 saturated heterocycles. The first-order valence-corrected chi connectivity index (χ1v) is 12.0. The second-order valence-electron chi connectivity index (χ2n) is 9.81. The number of benzene rings is 2. The molecule has 33 heavy (non-hydrogen) atoms. The number of aryl methyl sites for hydroxylation is 2. The summed E-state index contributed by atoms with van der Waals surface area (Å²) < 4.78 is 11.4. The van der Waals surface area contributed by atoms with E-state index >= 15 is 0 Å². The molecular formula is C28H29NO4. The molecule has 2 aromatic carbocycles. The predicted molar refractivity (Wildman–Crippen MR) is 123 cm³/mol. The zero-order valence-electron chi connectivity index (χ0n) is 18.9. The average Bonchev–Trinajstić information content (AvgIpc) is 3.32. The molecule has 0 N–H and O–H groups in total. The molecule has 6 rings (SSSR count). The summed E-state index contributed by atoms with van der Waals surface area (Å²) in [5.41, 5.74) is 4.62. The van der Waals surface area contributed by atoms with E-state index in [0.717, 1.165) is 12.8 Å². The van der Waals surface area contributed by atoms with Crippen LogP contribution in [0.1, 0.15) is 47.6 Å². The monoisotopic (exact) mass is 445 g/mol. The standard InChI is InChI=1S/C28H29NO4/c1-32-26(31)13-12-22-23-16-25(30)29(17-28(23)15-14-24(22)33-28)27-20-8-4-2-6-18(20)10-11-19-7-3-5-9-21(19)27/h2-9,14-15,22-24,27H,10-13,16-17H2,1H3/t22-,23-,24-,28-/m1/s1/i16+1,25+1. The Morgan fingerprint density at radius 2 is 1.76 bits per heavy atom. The minimum atomic E-state index is -0.463. The lowest BCUT2D eigenvalue weighted by Crippen LogP contribution is -2.55. The average molecular weight is 446 g/mol. The number of amides is 1. The Bertz CT molecular complexity index is 1090. The quantitative estimate of drug-likeness (QED) is 0.406. The first kappa shape index (κ1) is 20.7. The maximum absolute atomic E-state index is 13.7. The highest BCUT2D eigenvalue weighted by Gasteiger charge is 2.60. The summed E-state index contributed by atoms with van der Waals surface area (Å²) in [4.78, 5) is 27.6. The summed E-state index contributed by atoms with van der Waals surface area (Å²) in [5, 5.41) is 0. The van der Waals surface area contributed by atoms with Gasteiger partial charge in [0.05, 0.1) is 25.8 Å². The van der Waals surface area contributed by atoms with Crippen molar-refractivity contribution in [1.29, 1.82) is 0 Å². The molecule has 5 nitrogen and oxygen atoms in total. The van der Waals surface area contributed by atoms with Crippen molar-refractivity contribution in [2.75, 3.05) is 13.7 Å². The van der Waals surface area contributed by atoms with Crippen molar-refractivity contribution in [2.45, 2.75) is 49.9 Å². The number of esters is 1. The van der Waals surface area contributed by atoms with Gasteiger partial charge in [-0.05, 0) is 47.4 Å². The first-order chi connectivity index (χ1) is 16.1. The molecule has 3 heterocycles. The summed E-state index contributed by atoms with van der Waals surface area (Å²) >= 11 is 0. The van der Waals surface area contributed by atoms with E-state index in [-0.39, 0.29) is 35.9 Å². The zero-order chi connectivity index (χ0) is 22.6. The molecule has 2 bridgehead atoms. The minimum Gasteiger partial charge on any atom is -0.469 e. The molecule has 0 saturated carbocycles. The minimum absolute atomic E-state index is 0.0267. The van der Waals surface area contributed by atoms with Crippen LogP contribution in [0.4, 0.5) is 0 Å². The summed E-state index contributed by atoms with van der Waals surface area (Å²) in [6.45, 7) is 0.547. The van der Waals surface area contributed by atoms with E-state index < -0.39 is 5.60 Å². The van der Waals surface area contributed by atoms with E-state index in [1.807, 2.05) is 0 Å². The second kappa shape index (κ2) is 7.84. The third-order valence-corrected chi connectivity index (χ3v) is 8.21. The van der Waals surface area contributed by atoms with Crippen LogP contribution in [0.3, 0.4) is 0 Å². The van der Waals surface area contributed by atoms with Gasteiger partial charge in [-0.1, -0.05) is 60.7 Å². The van der Waals surface area contributed by atoms with E-state index in [4.69, 9.17) is 9.47 Å². The number of hydrogen-bond donors (Lipinski definition) is 0. The molecular weight excluding hydrogens is 416 g/mol. The van der Waals surface area contributed by atoms with Gasteiger partial charge in [-0.3, -0.25) is 9.59 Å². The third-order valence-electron chi connectivity index (χ3n) is 8.21. The van der Waals surface area contributed by atoms with Crippen molar-refractivity contribution in [3.63, 3.8) is 0 Å². The highest BCUT2D eigenvalue weighted by Crippen LogP contribution is 2.54. The van der Waals surface area contributed by atoms with Crippen LogP contribution >= 0.6 is 0 Å². The molecule has 170 valence electrons. The van der Waals surface area contributed by atoms with Gasteiger partial charge in [0.25, 0.3) is 0 Å².